The molecule has 0 aliphatic rings. The molecule has 0 aliphatic heterocycles. The molecule has 0 fully saturated rings. The molecule has 1 aromatic rings. The minimum atomic E-state index is 0.506. The Balaban J connectivity index is 2.51. The van der Waals surface area contributed by atoms with E-state index < -0.39 is 0 Å². The van der Waals surface area contributed by atoms with Crippen LogP contribution in [0.3, 0.4) is 0 Å². The summed E-state index contributed by atoms with van der Waals surface area (Å²) in [4.78, 5) is 0.613. The Morgan fingerprint density at radius 3 is 2.50 bits per heavy atom. The normalized spacial score (nSPS) is 12.8. The van der Waals surface area contributed by atoms with Crippen LogP contribution < -0.4 is 4.46 Å². The Morgan fingerprint density at radius 2 is 2.00 bits per heavy atom. The molecule has 0 amide bonds. The quantitative estimate of drug-likeness (QED) is 0.592. The number of hydrogen-bond donors (Lipinski definition) is 0. The fourth-order valence-electron chi connectivity index (χ4n) is 0.796. The van der Waals surface area contributed by atoms with E-state index in [1.54, 1.807) is 0 Å². The van der Waals surface area contributed by atoms with Crippen LogP contribution in [0.1, 0.15) is 0 Å². The Hall–Kier alpha value is 0.509. The summed E-state index contributed by atoms with van der Waals surface area (Å²) in [5.74, 6) is 0.750. The van der Waals surface area contributed by atoms with Gasteiger partial charge in [0.05, 0.1) is 0 Å². The molecule has 0 spiro atoms. The number of benzene rings is 1. The van der Waals surface area contributed by atoms with Crippen molar-refractivity contribution in [2.45, 2.75) is 4.82 Å². The van der Waals surface area contributed by atoms with Gasteiger partial charge in [0.15, 0.2) is 0 Å². The van der Waals surface area contributed by atoms with Crippen LogP contribution in [-0.4, -0.2) is 26.2 Å². The first kappa shape index (κ1) is 10.6. The maximum atomic E-state index is 5.80. The van der Waals surface area contributed by atoms with E-state index in [-0.39, 0.29) is 0 Å². The molecule has 0 heterocycles. The molecule has 1 aromatic carbocycles. The molecule has 3 heteroatoms. The van der Waals surface area contributed by atoms with Crippen molar-refractivity contribution in [3.05, 3.63) is 30.3 Å². The van der Waals surface area contributed by atoms with Gasteiger partial charge in [-0.1, -0.05) is 0 Å². The van der Waals surface area contributed by atoms with Crippen molar-refractivity contribution in [2.75, 3.05) is 11.2 Å². The third-order valence-corrected chi connectivity index (χ3v) is 6.46. The van der Waals surface area contributed by atoms with Crippen LogP contribution >= 0.6 is 27.5 Å². The Labute approximate surface area is 93.0 Å². The molecule has 0 aliphatic carbocycles. The summed E-state index contributed by atoms with van der Waals surface area (Å²) in [6.07, 6.45) is 0. The average Bonchev–Trinajstić information content (AvgIpc) is 2.16. The van der Waals surface area contributed by atoms with Crippen molar-refractivity contribution in [1.82, 2.24) is 0 Å². The molecule has 0 radical (unpaired) electrons. The zero-order valence-electron chi connectivity index (χ0n) is 6.54. The van der Waals surface area contributed by atoms with E-state index in [9.17, 15) is 0 Å². The Bertz CT molecular complexity index is 211. The van der Waals surface area contributed by atoms with Crippen molar-refractivity contribution in [3.63, 3.8) is 0 Å². The van der Waals surface area contributed by atoms with E-state index in [0.29, 0.717) is 19.8 Å². The molecule has 0 bridgehead atoms. The first-order chi connectivity index (χ1) is 5.86. The van der Waals surface area contributed by atoms with Crippen molar-refractivity contribution >= 4 is 46.9 Å². The van der Waals surface area contributed by atoms with Gasteiger partial charge in [0, 0.05) is 0 Å². The van der Waals surface area contributed by atoms with Crippen LogP contribution in [0.2, 0.25) is 4.82 Å². The SMILES string of the molecule is ClCC(CBr)[Se]c1ccccc1. The van der Waals surface area contributed by atoms with Gasteiger partial charge in [0.1, 0.15) is 0 Å². The topological polar surface area (TPSA) is 0 Å². The van der Waals surface area contributed by atoms with Gasteiger partial charge in [-0.15, -0.1) is 0 Å². The summed E-state index contributed by atoms with van der Waals surface area (Å²) in [5.41, 5.74) is 0. The van der Waals surface area contributed by atoms with Crippen molar-refractivity contribution in [2.24, 2.45) is 0 Å². The van der Waals surface area contributed by atoms with Crippen LogP contribution in [0.15, 0.2) is 30.3 Å². The molecule has 12 heavy (non-hydrogen) atoms. The maximum absolute atomic E-state index is 5.80. The van der Waals surface area contributed by atoms with Crippen molar-refractivity contribution in [1.29, 1.82) is 0 Å². The Kier molecular flexibility index (Phi) is 5.33. The molecule has 66 valence electrons. The molecule has 1 rings (SSSR count). The second-order valence-electron chi connectivity index (χ2n) is 2.36. The molecule has 0 saturated carbocycles. The van der Waals surface area contributed by atoms with Crippen LogP contribution in [0.25, 0.3) is 0 Å². The summed E-state index contributed by atoms with van der Waals surface area (Å²) < 4.78 is 1.43. The predicted molar refractivity (Wildman–Crippen MR) is 60.1 cm³/mol. The number of alkyl halides is 2. The van der Waals surface area contributed by atoms with Gasteiger partial charge in [0.25, 0.3) is 0 Å². The molecule has 0 aromatic heterocycles. The summed E-state index contributed by atoms with van der Waals surface area (Å²) in [7, 11) is 0. The van der Waals surface area contributed by atoms with E-state index >= 15 is 0 Å². The van der Waals surface area contributed by atoms with Crippen LogP contribution in [0, 0.1) is 0 Å². The first-order valence-corrected chi connectivity index (χ1v) is 7.20. The average molecular weight is 312 g/mol. The van der Waals surface area contributed by atoms with Gasteiger partial charge in [-0.2, -0.15) is 0 Å². The standard InChI is InChI=1S/C9H10BrClSe/c10-6-9(7-11)12-8-4-2-1-3-5-8/h1-5,9H,6-7H2. The third-order valence-electron chi connectivity index (χ3n) is 1.39. The van der Waals surface area contributed by atoms with E-state index in [0.717, 1.165) is 11.2 Å². The molecule has 0 nitrogen and oxygen atoms in total. The van der Waals surface area contributed by atoms with Gasteiger partial charge in [-0.3, -0.25) is 0 Å². The van der Waals surface area contributed by atoms with Crippen LogP contribution in [0.4, 0.5) is 0 Å². The van der Waals surface area contributed by atoms with Gasteiger partial charge in [-0.05, 0) is 0 Å². The number of hydrogen-bond acceptors (Lipinski definition) is 0. The molecule has 1 atom stereocenters. The van der Waals surface area contributed by atoms with Gasteiger partial charge in [-0.25, -0.2) is 0 Å². The third kappa shape index (κ3) is 3.49. The van der Waals surface area contributed by atoms with E-state index in [4.69, 9.17) is 11.6 Å². The van der Waals surface area contributed by atoms with Gasteiger partial charge in [0.2, 0.25) is 0 Å². The van der Waals surface area contributed by atoms with E-state index in [2.05, 4.69) is 40.2 Å². The van der Waals surface area contributed by atoms with Crippen LogP contribution in [0.5, 0.6) is 0 Å². The van der Waals surface area contributed by atoms with Crippen LogP contribution in [-0.2, 0) is 0 Å². The minimum absolute atomic E-state index is 0.506. The second-order valence-corrected chi connectivity index (χ2v) is 6.20. The number of rotatable bonds is 4. The number of halogens is 2. The molecular weight excluding hydrogens is 302 g/mol. The molecule has 0 N–H and O–H groups in total. The molecule has 1 unspecified atom stereocenters. The predicted octanol–water partition coefficient (Wildman–Crippen LogP) is 2.44. The van der Waals surface area contributed by atoms with Crippen molar-refractivity contribution < 1.29 is 0 Å². The van der Waals surface area contributed by atoms with Gasteiger partial charge >= 0.3 is 93.3 Å². The van der Waals surface area contributed by atoms with E-state index in [1.165, 1.54) is 4.46 Å². The zero-order chi connectivity index (χ0) is 8.81. The summed E-state index contributed by atoms with van der Waals surface area (Å²) >= 11 is 9.77. The first-order valence-electron chi connectivity index (χ1n) is 3.70. The van der Waals surface area contributed by atoms with E-state index in [1.807, 2.05) is 6.07 Å². The molecular formula is C9H10BrClSe. The van der Waals surface area contributed by atoms with Crippen molar-refractivity contribution in [3.8, 4) is 0 Å². The summed E-state index contributed by atoms with van der Waals surface area (Å²) in [6, 6.07) is 10.5. The molecule has 0 saturated heterocycles. The monoisotopic (exact) mass is 312 g/mol. The fraction of sp³-hybridized carbons (Fsp3) is 0.333. The van der Waals surface area contributed by atoms with Gasteiger partial charge < -0.3 is 0 Å². The zero-order valence-corrected chi connectivity index (χ0v) is 10.6. The Morgan fingerprint density at radius 1 is 1.33 bits per heavy atom. The summed E-state index contributed by atoms with van der Waals surface area (Å²) in [6.45, 7) is 0. The second kappa shape index (κ2) is 6.04. The summed E-state index contributed by atoms with van der Waals surface area (Å²) in [5, 5.41) is 1.01. The fourth-order valence-corrected chi connectivity index (χ4v) is 4.14.